The SMILES string of the molecule is Cc1cccc([C@H]2C[C@@H]2c2cc(-c3c[nH]c(=O)[nH]c3=O)nnc2C#N)c1. The smallest absolute Gasteiger partial charge is 0.313 e. The Bertz CT molecular complexity index is 1160. The number of aromatic amines is 2. The van der Waals surface area contributed by atoms with Gasteiger partial charge in [0.05, 0.1) is 5.56 Å². The standard InChI is InChI=1S/C19H15N5O2/c1-10-3-2-4-11(5-10)12-6-13(12)14-7-16(23-24-17(14)8-20)15-9-21-19(26)22-18(15)25/h2-5,7,9,12-13H,6H2,1H3,(H2,21,22,25,26)/t12-,13+/m1/s1. The maximum Gasteiger partial charge on any atom is 0.325 e. The first-order valence-corrected chi connectivity index (χ1v) is 8.23. The molecule has 0 amide bonds. The van der Waals surface area contributed by atoms with Crippen molar-refractivity contribution < 1.29 is 0 Å². The van der Waals surface area contributed by atoms with Crippen molar-refractivity contribution in [3.63, 3.8) is 0 Å². The number of rotatable bonds is 3. The third kappa shape index (κ3) is 2.82. The Morgan fingerprint density at radius 1 is 1.19 bits per heavy atom. The number of nitriles is 1. The summed E-state index contributed by atoms with van der Waals surface area (Å²) in [6.45, 7) is 2.05. The summed E-state index contributed by atoms with van der Waals surface area (Å²) >= 11 is 0. The first-order chi connectivity index (χ1) is 12.6. The maximum absolute atomic E-state index is 12.0. The Balaban J connectivity index is 1.74. The van der Waals surface area contributed by atoms with E-state index >= 15 is 0 Å². The van der Waals surface area contributed by atoms with Gasteiger partial charge in [-0.15, -0.1) is 10.2 Å². The molecule has 2 aromatic heterocycles. The van der Waals surface area contributed by atoms with Crippen LogP contribution in [0.5, 0.6) is 0 Å². The predicted octanol–water partition coefficient (Wildman–Crippen LogP) is 1.97. The minimum absolute atomic E-state index is 0.169. The average molecular weight is 345 g/mol. The quantitative estimate of drug-likeness (QED) is 0.753. The van der Waals surface area contributed by atoms with Crippen molar-refractivity contribution in [2.75, 3.05) is 0 Å². The van der Waals surface area contributed by atoms with Gasteiger partial charge in [-0.1, -0.05) is 29.8 Å². The van der Waals surface area contributed by atoms with E-state index in [1.807, 2.05) is 6.07 Å². The number of benzene rings is 1. The molecule has 7 heteroatoms. The zero-order chi connectivity index (χ0) is 18.3. The van der Waals surface area contributed by atoms with Gasteiger partial charge >= 0.3 is 5.69 Å². The van der Waals surface area contributed by atoms with E-state index in [9.17, 15) is 14.9 Å². The summed E-state index contributed by atoms with van der Waals surface area (Å²) < 4.78 is 0. The predicted molar refractivity (Wildman–Crippen MR) is 94.7 cm³/mol. The highest BCUT2D eigenvalue weighted by Gasteiger charge is 2.41. The number of nitrogens with zero attached hydrogens (tertiary/aromatic N) is 3. The van der Waals surface area contributed by atoms with Crippen LogP contribution in [0.4, 0.5) is 0 Å². The molecule has 2 N–H and O–H groups in total. The van der Waals surface area contributed by atoms with E-state index in [2.05, 4.69) is 51.4 Å². The second-order valence-electron chi connectivity index (χ2n) is 6.49. The number of hydrogen-bond acceptors (Lipinski definition) is 5. The fraction of sp³-hybridized carbons (Fsp3) is 0.211. The minimum Gasteiger partial charge on any atom is -0.313 e. The molecule has 0 saturated heterocycles. The molecule has 0 unspecified atom stereocenters. The van der Waals surface area contributed by atoms with Crippen molar-refractivity contribution in [1.29, 1.82) is 5.26 Å². The summed E-state index contributed by atoms with van der Waals surface area (Å²) in [6, 6.07) is 12.1. The van der Waals surface area contributed by atoms with Gasteiger partial charge in [0, 0.05) is 6.20 Å². The van der Waals surface area contributed by atoms with E-state index in [0.717, 1.165) is 12.0 Å². The summed E-state index contributed by atoms with van der Waals surface area (Å²) in [5, 5.41) is 17.3. The normalized spacial score (nSPS) is 18.3. The second-order valence-corrected chi connectivity index (χ2v) is 6.49. The Morgan fingerprint density at radius 3 is 2.77 bits per heavy atom. The molecule has 0 radical (unpaired) electrons. The summed E-state index contributed by atoms with van der Waals surface area (Å²) in [4.78, 5) is 27.8. The van der Waals surface area contributed by atoms with E-state index in [1.54, 1.807) is 6.07 Å². The first-order valence-electron chi connectivity index (χ1n) is 8.23. The molecule has 0 aliphatic heterocycles. The van der Waals surface area contributed by atoms with Gasteiger partial charge in [0.25, 0.3) is 5.56 Å². The van der Waals surface area contributed by atoms with Crippen LogP contribution in [-0.2, 0) is 0 Å². The Kier molecular flexibility index (Phi) is 3.73. The van der Waals surface area contributed by atoms with Crippen molar-refractivity contribution in [3.8, 4) is 17.3 Å². The number of hydrogen-bond donors (Lipinski definition) is 2. The van der Waals surface area contributed by atoms with Gasteiger partial charge in [-0.2, -0.15) is 5.26 Å². The monoisotopic (exact) mass is 345 g/mol. The van der Waals surface area contributed by atoms with Gasteiger partial charge in [-0.05, 0) is 42.4 Å². The highest BCUT2D eigenvalue weighted by atomic mass is 16.2. The van der Waals surface area contributed by atoms with Crippen molar-refractivity contribution in [2.24, 2.45) is 0 Å². The molecule has 1 saturated carbocycles. The van der Waals surface area contributed by atoms with Gasteiger partial charge in [0.1, 0.15) is 11.8 Å². The summed E-state index contributed by atoms with van der Waals surface area (Å²) in [5.41, 5.74) is 2.93. The summed E-state index contributed by atoms with van der Waals surface area (Å²) in [6.07, 6.45) is 2.23. The van der Waals surface area contributed by atoms with Crippen molar-refractivity contribution in [3.05, 3.63) is 79.8 Å². The van der Waals surface area contributed by atoms with E-state index in [-0.39, 0.29) is 17.2 Å². The third-order valence-corrected chi connectivity index (χ3v) is 4.68. The van der Waals surface area contributed by atoms with Crippen LogP contribution in [0.15, 0.2) is 46.1 Å². The van der Waals surface area contributed by atoms with Crippen LogP contribution in [0, 0.1) is 18.3 Å². The number of H-pyrrole nitrogens is 2. The van der Waals surface area contributed by atoms with Gasteiger partial charge < -0.3 is 4.98 Å². The molecule has 1 aliphatic rings. The molecular formula is C19H15N5O2. The molecule has 7 nitrogen and oxygen atoms in total. The first kappa shape index (κ1) is 16.0. The van der Waals surface area contributed by atoms with Gasteiger partial charge in [0.15, 0.2) is 5.69 Å². The molecule has 1 aliphatic carbocycles. The lowest BCUT2D eigenvalue weighted by Crippen LogP contribution is -2.23. The van der Waals surface area contributed by atoms with Crippen molar-refractivity contribution >= 4 is 0 Å². The van der Waals surface area contributed by atoms with Gasteiger partial charge in [-0.25, -0.2) is 4.79 Å². The Morgan fingerprint density at radius 2 is 2.04 bits per heavy atom. The molecule has 1 fully saturated rings. The van der Waals surface area contributed by atoms with Crippen LogP contribution in [-0.4, -0.2) is 20.2 Å². The third-order valence-electron chi connectivity index (χ3n) is 4.68. The Labute approximate surface area is 148 Å². The summed E-state index contributed by atoms with van der Waals surface area (Å²) in [7, 11) is 0. The van der Waals surface area contributed by atoms with E-state index in [0.29, 0.717) is 11.6 Å². The van der Waals surface area contributed by atoms with Crippen molar-refractivity contribution in [2.45, 2.75) is 25.2 Å². The topological polar surface area (TPSA) is 115 Å². The second kappa shape index (κ2) is 6.08. The number of aryl methyl sites for hydroxylation is 1. The van der Waals surface area contributed by atoms with E-state index in [1.165, 1.54) is 17.3 Å². The lowest BCUT2D eigenvalue weighted by molar-refractivity contribution is 0.934. The van der Waals surface area contributed by atoms with Crippen LogP contribution >= 0.6 is 0 Å². The zero-order valence-electron chi connectivity index (χ0n) is 14.0. The largest absolute Gasteiger partial charge is 0.325 e. The molecule has 2 atom stereocenters. The van der Waals surface area contributed by atoms with Crippen LogP contribution in [0.2, 0.25) is 0 Å². The maximum atomic E-state index is 12.0. The zero-order valence-corrected chi connectivity index (χ0v) is 14.0. The highest BCUT2D eigenvalue weighted by molar-refractivity contribution is 5.59. The molecule has 3 aromatic rings. The molecule has 0 bridgehead atoms. The molecular weight excluding hydrogens is 330 g/mol. The van der Waals surface area contributed by atoms with E-state index in [4.69, 9.17) is 0 Å². The molecule has 4 rings (SSSR count). The summed E-state index contributed by atoms with van der Waals surface area (Å²) in [5.74, 6) is 0.496. The van der Waals surface area contributed by atoms with Gasteiger partial charge in [-0.3, -0.25) is 9.78 Å². The molecule has 0 spiro atoms. The van der Waals surface area contributed by atoms with Crippen LogP contribution in [0.3, 0.4) is 0 Å². The van der Waals surface area contributed by atoms with Crippen LogP contribution in [0.1, 0.15) is 40.6 Å². The van der Waals surface area contributed by atoms with Crippen LogP contribution in [0.25, 0.3) is 11.3 Å². The highest BCUT2D eigenvalue weighted by Crippen LogP contribution is 2.55. The molecule has 128 valence electrons. The lowest BCUT2D eigenvalue weighted by Gasteiger charge is -2.06. The van der Waals surface area contributed by atoms with E-state index < -0.39 is 11.2 Å². The minimum atomic E-state index is -0.581. The fourth-order valence-electron chi connectivity index (χ4n) is 3.32. The van der Waals surface area contributed by atoms with Crippen molar-refractivity contribution in [1.82, 2.24) is 20.2 Å². The van der Waals surface area contributed by atoms with Gasteiger partial charge in [0.2, 0.25) is 0 Å². The molecule has 26 heavy (non-hydrogen) atoms. The van der Waals surface area contributed by atoms with Crippen LogP contribution < -0.4 is 11.2 Å². The Hall–Kier alpha value is -3.53. The number of aromatic nitrogens is 4. The lowest BCUT2D eigenvalue weighted by atomic mass is 10.0. The number of nitrogens with one attached hydrogen (secondary N) is 2. The fourth-order valence-corrected chi connectivity index (χ4v) is 3.32. The molecule has 1 aromatic carbocycles. The average Bonchev–Trinajstić information content (AvgIpc) is 3.42. The molecule has 2 heterocycles.